The third kappa shape index (κ3) is 6.23. The smallest absolute Gasteiger partial charge is 0.268 e. The van der Waals surface area contributed by atoms with E-state index in [1.165, 1.54) is 6.26 Å². The summed E-state index contributed by atoms with van der Waals surface area (Å²) in [5, 5.41) is 16.2. The molecular weight excluding hydrogens is 486 g/mol. The number of halogens is 2. The molecule has 4 rings (SSSR count). The predicted octanol–water partition coefficient (Wildman–Crippen LogP) is 1.87. The second-order valence-electron chi connectivity index (χ2n) is 9.06. The lowest BCUT2D eigenvalue weighted by atomic mass is 9.99. The molecule has 1 aliphatic rings. The van der Waals surface area contributed by atoms with E-state index in [1.54, 1.807) is 72.4 Å². The quantitative estimate of drug-likeness (QED) is 0.403. The molecule has 0 radical (unpaired) electrons. The van der Waals surface area contributed by atoms with Gasteiger partial charge < -0.3 is 29.6 Å². The summed E-state index contributed by atoms with van der Waals surface area (Å²) in [4.78, 5) is 39.7. The fourth-order valence-corrected chi connectivity index (χ4v) is 4.38. The average molecular weight is 515 g/mol. The number of hydrogen-bond acceptors (Lipinski definition) is 5. The Morgan fingerprint density at radius 1 is 1.14 bits per heavy atom. The van der Waals surface area contributed by atoms with Crippen LogP contribution in [0.25, 0.3) is 0 Å². The van der Waals surface area contributed by atoms with Crippen LogP contribution in [-0.2, 0) is 29.6 Å². The maximum absolute atomic E-state index is 14.4. The lowest BCUT2D eigenvalue weighted by molar-refractivity contribution is -0.147. The van der Waals surface area contributed by atoms with Crippen molar-refractivity contribution in [3.63, 3.8) is 0 Å². The third-order valence-corrected chi connectivity index (χ3v) is 6.30. The second kappa shape index (κ2) is 11.0. The standard InChI is InChI=1S/C26H28F2N4O5/c1-31-11-5-10-20(31)24(35)30-19(13-17-7-3-2-4-8-17)22(33)25(36)32-16-26(27,28)14-21(32)23(34)29-15-18-9-6-12-37-18/h2-12,19,21-22,33H,13-16H2,1H3,(H,29,34)(H,30,35)/t19-,21-,22-/m0/s1. The van der Waals surface area contributed by atoms with E-state index in [9.17, 15) is 28.3 Å². The SMILES string of the molecule is Cn1cccc1C(=O)N[C@@H](Cc1ccccc1)[C@H](O)C(=O)N1CC(F)(F)C[C@H]1C(=O)NCc1ccco1. The van der Waals surface area contributed by atoms with Crippen LogP contribution >= 0.6 is 0 Å². The van der Waals surface area contributed by atoms with Crippen LogP contribution < -0.4 is 10.6 Å². The molecule has 0 saturated carbocycles. The number of aliphatic hydroxyl groups is 1. The Hall–Kier alpha value is -3.99. The topological polar surface area (TPSA) is 117 Å². The van der Waals surface area contributed by atoms with E-state index < -0.39 is 54.8 Å². The number of nitrogens with one attached hydrogen (secondary N) is 2. The van der Waals surface area contributed by atoms with Crippen molar-refractivity contribution in [2.45, 2.75) is 43.5 Å². The van der Waals surface area contributed by atoms with Gasteiger partial charge in [0.15, 0.2) is 6.10 Å². The van der Waals surface area contributed by atoms with Crippen LogP contribution in [0.3, 0.4) is 0 Å². The van der Waals surface area contributed by atoms with Gasteiger partial charge in [-0.15, -0.1) is 0 Å². The molecule has 196 valence electrons. The van der Waals surface area contributed by atoms with Gasteiger partial charge in [-0.3, -0.25) is 14.4 Å². The Kier molecular flexibility index (Phi) is 7.72. The molecule has 1 aromatic carbocycles. The highest BCUT2D eigenvalue weighted by atomic mass is 19.3. The normalized spacial score (nSPS) is 18.3. The van der Waals surface area contributed by atoms with E-state index in [0.29, 0.717) is 21.9 Å². The Balaban J connectivity index is 1.53. The van der Waals surface area contributed by atoms with Gasteiger partial charge in [-0.05, 0) is 36.2 Å². The van der Waals surface area contributed by atoms with Crippen molar-refractivity contribution in [1.82, 2.24) is 20.1 Å². The molecule has 0 spiro atoms. The van der Waals surface area contributed by atoms with E-state index >= 15 is 0 Å². The van der Waals surface area contributed by atoms with Gasteiger partial charge >= 0.3 is 0 Å². The van der Waals surface area contributed by atoms with Crippen molar-refractivity contribution in [3.05, 3.63) is 84.1 Å². The van der Waals surface area contributed by atoms with Crippen LogP contribution in [0.4, 0.5) is 8.78 Å². The largest absolute Gasteiger partial charge is 0.467 e. The van der Waals surface area contributed by atoms with Gasteiger partial charge in [0.2, 0.25) is 5.91 Å². The molecule has 1 fully saturated rings. The number of rotatable bonds is 9. The Labute approximate surface area is 212 Å². The number of carbonyl (C=O) groups is 3. The van der Waals surface area contributed by atoms with Crippen molar-refractivity contribution in [2.24, 2.45) is 7.05 Å². The molecule has 1 saturated heterocycles. The minimum atomic E-state index is -3.32. The molecule has 2 aromatic heterocycles. The fraction of sp³-hybridized carbons (Fsp3) is 0.346. The Morgan fingerprint density at radius 3 is 2.54 bits per heavy atom. The summed E-state index contributed by atoms with van der Waals surface area (Å²) < 4.78 is 35.5. The molecule has 0 bridgehead atoms. The molecule has 3 atom stereocenters. The summed E-state index contributed by atoms with van der Waals surface area (Å²) in [6, 6.07) is 12.7. The first-order valence-electron chi connectivity index (χ1n) is 11.8. The van der Waals surface area contributed by atoms with Crippen molar-refractivity contribution in [1.29, 1.82) is 0 Å². The number of aryl methyl sites for hydroxylation is 1. The van der Waals surface area contributed by atoms with E-state index in [4.69, 9.17) is 4.42 Å². The molecule has 3 amide bonds. The molecule has 37 heavy (non-hydrogen) atoms. The molecule has 0 unspecified atom stereocenters. The molecule has 11 heteroatoms. The summed E-state index contributed by atoms with van der Waals surface area (Å²) in [6.07, 6.45) is 0.381. The summed E-state index contributed by atoms with van der Waals surface area (Å²) in [5.41, 5.74) is 1.01. The fourth-order valence-electron chi connectivity index (χ4n) is 4.38. The Bertz CT molecular complexity index is 1230. The van der Waals surface area contributed by atoms with Gasteiger partial charge in [0.05, 0.1) is 25.4 Å². The predicted molar refractivity (Wildman–Crippen MR) is 128 cm³/mol. The number of aromatic nitrogens is 1. The summed E-state index contributed by atoms with van der Waals surface area (Å²) in [7, 11) is 1.67. The highest BCUT2D eigenvalue weighted by Crippen LogP contribution is 2.33. The van der Waals surface area contributed by atoms with E-state index in [1.807, 2.05) is 0 Å². The number of hydrogen-bond donors (Lipinski definition) is 3. The number of aliphatic hydroxyl groups excluding tert-OH is 1. The Morgan fingerprint density at radius 2 is 1.89 bits per heavy atom. The van der Waals surface area contributed by atoms with Gasteiger partial charge in [-0.25, -0.2) is 8.78 Å². The third-order valence-electron chi connectivity index (χ3n) is 6.30. The highest BCUT2D eigenvalue weighted by molar-refractivity contribution is 5.94. The molecule has 0 aliphatic carbocycles. The van der Waals surface area contributed by atoms with Crippen LogP contribution in [0, 0.1) is 0 Å². The first-order chi connectivity index (χ1) is 17.6. The van der Waals surface area contributed by atoms with Gasteiger partial charge in [0.1, 0.15) is 17.5 Å². The summed E-state index contributed by atoms with van der Waals surface area (Å²) in [5.74, 6) is -5.30. The highest BCUT2D eigenvalue weighted by Gasteiger charge is 2.51. The van der Waals surface area contributed by atoms with Crippen LogP contribution in [0.15, 0.2) is 71.5 Å². The number of nitrogens with zero attached hydrogens (tertiary/aromatic N) is 2. The maximum atomic E-state index is 14.4. The van der Waals surface area contributed by atoms with Crippen molar-refractivity contribution in [3.8, 4) is 0 Å². The zero-order valence-electron chi connectivity index (χ0n) is 20.1. The number of benzene rings is 1. The van der Waals surface area contributed by atoms with E-state index in [0.717, 1.165) is 0 Å². The number of likely N-dealkylation sites (tertiary alicyclic amines) is 1. The van der Waals surface area contributed by atoms with Crippen LogP contribution in [-0.4, -0.2) is 63.0 Å². The molecule has 3 N–H and O–H groups in total. The second-order valence-corrected chi connectivity index (χ2v) is 9.06. The lowest BCUT2D eigenvalue weighted by Crippen LogP contribution is -2.56. The maximum Gasteiger partial charge on any atom is 0.268 e. The van der Waals surface area contributed by atoms with Crippen molar-refractivity contribution >= 4 is 17.7 Å². The molecule has 3 aromatic rings. The van der Waals surface area contributed by atoms with Gasteiger partial charge in [0.25, 0.3) is 17.7 Å². The monoisotopic (exact) mass is 514 g/mol. The molecule has 3 heterocycles. The van der Waals surface area contributed by atoms with E-state index in [2.05, 4.69) is 10.6 Å². The lowest BCUT2D eigenvalue weighted by Gasteiger charge is -2.30. The molecular formula is C26H28F2N4O5. The average Bonchev–Trinajstić information content (AvgIpc) is 3.62. The zero-order valence-corrected chi connectivity index (χ0v) is 20.1. The van der Waals surface area contributed by atoms with E-state index in [-0.39, 0.29) is 13.0 Å². The van der Waals surface area contributed by atoms with Gasteiger partial charge in [-0.2, -0.15) is 0 Å². The first-order valence-corrected chi connectivity index (χ1v) is 11.8. The van der Waals surface area contributed by atoms with Gasteiger partial charge in [0, 0.05) is 19.7 Å². The van der Waals surface area contributed by atoms with Crippen LogP contribution in [0.5, 0.6) is 0 Å². The number of alkyl halides is 2. The van der Waals surface area contributed by atoms with Gasteiger partial charge in [-0.1, -0.05) is 30.3 Å². The van der Waals surface area contributed by atoms with Crippen LogP contribution in [0.2, 0.25) is 0 Å². The van der Waals surface area contributed by atoms with Crippen LogP contribution in [0.1, 0.15) is 28.2 Å². The molecule has 9 nitrogen and oxygen atoms in total. The van der Waals surface area contributed by atoms with Crippen molar-refractivity contribution < 1.29 is 32.7 Å². The summed E-state index contributed by atoms with van der Waals surface area (Å²) in [6.45, 7) is -1.06. The first kappa shape index (κ1) is 26.1. The summed E-state index contributed by atoms with van der Waals surface area (Å²) >= 11 is 0. The number of carbonyl (C=O) groups excluding carboxylic acids is 3. The minimum absolute atomic E-state index is 0.0398. The van der Waals surface area contributed by atoms with Crippen molar-refractivity contribution in [2.75, 3.05) is 6.54 Å². The molecule has 1 aliphatic heterocycles. The number of amides is 3. The zero-order chi connectivity index (χ0) is 26.6. The number of furan rings is 1. The minimum Gasteiger partial charge on any atom is -0.467 e.